The Morgan fingerprint density at radius 3 is 2.79 bits per heavy atom. The predicted molar refractivity (Wildman–Crippen MR) is 66.5 cm³/mol. The molecule has 0 saturated heterocycles. The normalized spacial score (nSPS) is 9.63. The highest BCUT2D eigenvalue weighted by Gasteiger charge is 2.17. The lowest BCUT2D eigenvalue weighted by Crippen LogP contribution is -1.97. The van der Waals surface area contributed by atoms with Crippen molar-refractivity contribution in [1.82, 2.24) is 4.98 Å². The van der Waals surface area contributed by atoms with Crippen LogP contribution in [0.1, 0.15) is 5.56 Å². The van der Waals surface area contributed by atoms with Gasteiger partial charge in [0.2, 0.25) is 5.75 Å². The fourth-order valence-electron chi connectivity index (χ4n) is 1.42. The Labute approximate surface area is 108 Å². The molecule has 0 unspecified atom stereocenters. The maximum Gasteiger partial charge on any atom is 0.312 e. The number of nitriles is 1. The molecule has 19 heavy (non-hydrogen) atoms. The molecule has 7 nitrogen and oxygen atoms in total. The van der Waals surface area contributed by atoms with Gasteiger partial charge >= 0.3 is 5.69 Å². The minimum absolute atomic E-state index is 0.0156. The van der Waals surface area contributed by atoms with Gasteiger partial charge < -0.3 is 10.5 Å². The Bertz CT molecular complexity index is 679. The fourth-order valence-corrected chi connectivity index (χ4v) is 1.42. The van der Waals surface area contributed by atoms with Gasteiger partial charge in [0.1, 0.15) is 0 Å². The van der Waals surface area contributed by atoms with Crippen LogP contribution in [-0.4, -0.2) is 9.91 Å². The molecule has 2 N–H and O–H groups in total. The van der Waals surface area contributed by atoms with Crippen molar-refractivity contribution in [2.75, 3.05) is 5.73 Å². The van der Waals surface area contributed by atoms with Crippen molar-refractivity contribution >= 4 is 11.4 Å². The first-order valence-corrected chi connectivity index (χ1v) is 5.17. The highest BCUT2D eigenvalue weighted by Crippen LogP contribution is 2.33. The van der Waals surface area contributed by atoms with Gasteiger partial charge in [-0.2, -0.15) is 5.26 Å². The number of benzene rings is 1. The summed E-state index contributed by atoms with van der Waals surface area (Å²) in [4.78, 5) is 14.1. The minimum Gasteiger partial charge on any atom is -0.448 e. The van der Waals surface area contributed by atoms with Crippen molar-refractivity contribution in [2.24, 2.45) is 0 Å². The number of ether oxygens (including phenoxy) is 1. The molecule has 0 aliphatic rings. The van der Waals surface area contributed by atoms with Crippen molar-refractivity contribution in [3.63, 3.8) is 0 Å². The second-order valence-electron chi connectivity index (χ2n) is 3.57. The summed E-state index contributed by atoms with van der Waals surface area (Å²) in [6.45, 7) is 0. The van der Waals surface area contributed by atoms with E-state index < -0.39 is 4.92 Å². The number of hydrogen-bond acceptors (Lipinski definition) is 6. The van der Waals surface area contributed by atoms with E-state index in [9.17, 15) is 10.1 Å². The van der Waals surface area contributed by atoms with Gasteiger partial charge in [-0.3, -0.25) is 15.1 Å². The van der Waals surface area contributed by atoms with Crippen LogP contribution in [0.4, 0.5) is 11.4 Å². The lowest BCUT2D eigenvalue weighted by molar-refractivity contribution is -0.385. The van der Waals surface area contributed by atoms with E-state index in [0.717, 1.165) is 6.07 Å². The molecule has 2 rings (SSSR count). The van der Waals surface area contributed by atoms with E-state index in [-0.39, 0.29) is 28.4 Å². The number of rotatable bonds is 3. The average molecular weight is 256 g/mol. The van der Waals surface area contributed by atoms with E-state index in [1.807, 2.05) is 6.07 Å². The second-order valence-corrected chi connectivity index (χ2v) is 3.57. The first-order valence-electron chi connectivity index (χ1n) is 5.17. The minimum atomic E-state index is -0.618. The predicted octanol–water partition coefficient (Wildman–Crippen LogP) is 2.24. The summed E-state index contributed by atoms with van der Waals surface area (Å²) in [7, 11) is 0. The zero-order valence-electron chi connectivity index (χ0n) is 9.61. The Kier molecular flexibility index (Phi) is 3.25. The van der Waals surface area contributed by atoms with Crippen LogP contribution in [0.15, 0.2) is 36.7 Å². The monoisotopic (exact) mass is 256 g/mol. The van der Waals surface area contributed by atoms with Crippen LogP contribution in [-0.2, 0) is 0 Å². The van der Waals surface area contributed by atoms with Crippen LogP contribution in [0, 0.1) is 21.4 Å². The molecule has 0 aliphatic heterocycles. The molecule has 0 bridgehead atoms. The van der Waals surface area contributed by atoms with Gasteiger partial charge in [0.25, 0.3) is 0 Å². The van der Waals surface area contributed by atoms with Gasteiger partial charge in [-0.25, -0.2) is 0 Å². The molecule has 0 saturated carbocycles. The highest BCUT2D eigenvalue weighted by atomic mass is 16.6. The third-order valence-corrected chi connectivity index (χ3v) is 2.31. The highest BCUT2D eigenvalue weighted by molar-refractivity contribution is 5.57. The molecule has 7 heteroatoms. The van der Waals surface area contributed by atoms with Gasteiger partial charge in [0.15, 0.2) is 5.75 Å². The van der Waals surface area contributed by atoms with Crippen LogP contribution in [0.25, 0.3) is 0 Å². The number of hydrogen-bond donors (Lipinski definition) is 1. The largest absolute Gasteiger partial charge is 0.448 e. The standard InChI is InChI=1S/C12H8N4O3/c13-6-8-1-2-12(10(5-8)16(17)18)19-11-3-4-15-7-9(11)14/h1-5,7H,14H2. The molecular formula is C12H8N4O3. The lowest BCUT2D eigenvalue weighted by atomic mass is 10.2. The Morgan fingerprint density at radius 1 is 1.37 bits per heavy atom. The summed E-state index contributed by atoms with van der Waals surface area (Å²) in [5.41, 5.74) is 5.79. The van der Waals surface area contributed by atoms with Crippen molar-refractivity contribution < 1.29 is 9.66 Å². The molecular weight excluding hydrogens is 248 g/mol. The SMILES string of the molecule is N#Cc1ccc(Oc2ccncc2N)c([N+](=O)[O-])c1. The lowest BCUT2D eigenvalue weighted by Gasteiger charge is -2.08. The third-order valence-electron chi connectivity index (χ3n) is 2.31. The number of nitro benzene ring substituents is 1. The number of nitrogen functional groups attached to an aromatic ring is 1. The number of nitrogens with two attached hydrogens (primary N) is 1. The summed E-state index contributed by atoms with van der Waals surface area (Å²) in [6, 6.07) is 7.26. The van der Waals surface area contributed by atoms with E-state index in [2.05, 4.69) is 4.98 Å². The van der Waals surface area contributed by atoms with Gasteiger partial charge in [-0.15, -0.1) is 0 Å². The van der Waals surface area contributed by atoms with Crippen molar-refractivity contribution in [2.45, 2.75) is 0 Å². The van der Waals surface area contributed by atoms with E-state index in [4.69, 9.17) is 15.7 Å². The van der Waals surface area contributed by atoms with E-state index in [1.165, 1.54) is 30.6 Å². The second kappa shape index (κ2) is 5.01. The summed E-state index contributed by atoms with van der Waals surface area (Å²) < 4.78 is 5.38. The van der Waals surface area contributed by atoms with E-state index in [0.29, 0.717) is 0 Å². The van der Waals surface area contributed by atoms with Crippen LogP contribution in [0.5, 0.6) is 11.5 Å². The van der Waals surface area contributed by atoms with Crippen LogP contribution < -0.4 is 10.5 Å². The molecule has 1 aromatic carbocycles. The molecule has 94 valence electrons. The van der Waals surface area contributed by atoms with E-state index in [1.54, 1.807) is 0 Å². The number of nitro groups is 1. The molecule has 1 aromatic heterocycles. The maximum atomic E-state index is 10.9. The average Bonchev–Trinajstić information content (AvgIpc) is 2.41. The van der Waals surface area contributed by atoms with Crippen molar-refractivity contribution in [3.05, 3.63) is 52.3 Å². The molecule has 0 atom stereocenters. The topological polar surface area (TPSA) is 115 Å². The summed E-state index contributed by atoms with van der Waals surface area (Å²) >= 11 is 0. The zero-order chi connectivity index (χ0) is 13.8. The third kappa shape index (κ3) is 2.58. The number of aromatic nitrogens is 1. The molecule has 0 radical (unpaired) electrons. The van der Waals surface area contributed by atoms with Crippen LogP contribution in [0.3, 0.4) is 0 Å². The van der Waals surface area contributed by atoms with Gasteiger partial charge in [-0.05, 0) is 12.1 Å². The number of nitrogens with zero attached hydrogens (tertiary/aromatic N) is 3. The van der Waals surface area contributed by atoms with Gasteiger partial charge in [0.05, 0.1) is 28.4 Å². The first kappa shape index (κ1) is 12.3. The van der Waals surface area contributed by atoms with Crippen LogP contribution >= 0.6 is 0 Å². The summed E-state index contributed by atoms with van der Waals surface area (Å²) in [5.74, 6) is 0.282. The maximum absolute atomic E-state index is 10.9. The van der Waals surface area contributed by atoms with E-state index >= 15 is 0 Å². The number of anilines is 1. The molecule has 0 spiro atoms. The van der Waals surface area contributed by atoms with Crippen molar-refractivity contribution in [1.29, 1.82) is 5.26 Å². The van der Waals surface area contributed by atoms with Gasteiger partial charge in [0, 0.05) is 18.3 Å². The Hall–Kier alpha value is -3.14. The van der Waals surface area contributed by atoms with Crippen molar-refractivity contribution in [3.8, 4) is 17.6 Å². The fraction of sp³-hybridized carbons (Fsp3) is 0. The Morgan fingerprint density at radius 2 is 2.16 bits per heavy atom. The van der Waals surface area contributed by atoms with Gasteiger partial charge in [-0.1, -0.05) is 0 Å². The quantitative estimate of drug-likeness (QED) is 0.665. The van der Waals surface area contributed by atoms with Crippen LogP contribution in [0.2, 0.25) is 0 Å². The summed E-state index contributed by atoms with van der Waals surface area (Å²) in [6.07, 6.45) is 2.84. The first-order chi connectivity index (χ1) is 9.11. The zero-order valence-corrected chi connectivity index (χ0v) is 9.61. The smallest absolute Gasteiger partial charge is 0.312 e. The molecule has 0 fully saturated rings. The molecule has 0 amide bonds. The summed E-state index contributed by atoms with van der Waals surface area (Å²) in [5, 5.41) is 19.7. The Balaban J connectivity index is 2.43. The molecule has 0 aliphatic carbocycles. The number of pyridine rings is 1. The molecule has 2 aromatic rings. The molecule has 1 heterocycles.